The first-order chi connectivity index (χ1) is 8.90. The molecule has 0 bridgehead atoms. The van der Waals surface area contributed by atoms with E-state index >= 15 is 0 Å². The first-order valence-electron chi connectivity index (χ1n) is 5.79. The lowest BCUT2D eigenvalue weighted by molar-refractivity contribution is -0.139. The fourth-order valence-corrected chi connectivity index (χ4v) is 1.57. The Kier molecular flexibility index (Phi) is 5.05. The quantitative estimate of drug-likeness (QED) is 0.692. The highest BCUT2D eigenvalue weighted by atomic mass is 16.4. The maximum Gasteiger partial charge on any atom is 0.326 e. The van der Waals surface area contributed by atoms with E-state index in [4.69, 9.17) is 10.8 Å². The average Bonchev–Trinajstić information content (AvgIpc) is 2.33. The van der Waals surface area contributed by atoms with Crippen molar-refractivity contribution in [3.63, 3.8) is 0 Å². The molecule has 1 aromatic rings. The summed E-state index contributed by atoms with van der Waals surface area (Å²) in [5, 5.41) is 11.3. The van der Waals surface area contributed by atoms with Gasteiger partial charge in [-0.15, -0.1) is 0 Å². The second-order valence-electron chi connectivity index (χ2n) is 4.24. The number of nitrogens with one attached hydrogen (secondary N) is 1. The van der Waals surface area contributed by atoms with Gasteiger partial charge in [0.15, 0.2) is 0 Å². The van der Waals surface area contributed by atoms with Gasteiger partial charge >= 0.3 is 5.97 Å². The van der Waals surface area contributed by atoms with Crippen LogP contribution in [0.15, 0.2) is 24.3 Å². The van der Waals surface area contributed by atoms with Crippen LogP contribution in [0.3, 0.4) is 0 Å². The Morgan fingerprint density at radius 2 is 2.05 bits per heavy atom. The molecule has 0 aliphatic carbocycles. The molecule has 0 aromatic heterocycles. The third kappa shape index (κ3) is 4.79. The summed E-state index contributed by atoms with van der Waals surface area (Å²) >= 11 is 0. The van der Waals surface area contributed by atoms with Gasteiger partial charge in [-0.05, 0) is 25.5 Å². The van der Waals surface area contributed by atoms with Crippen molar-refractivity contribution in [2.24, 2.45) is 5.73 Å². The summed E-state index contributed by atoms with van der Waals surface area (Å²) in [7, 11) is 0. The minimum absolute atomic E-state index is 0.0256. The standard InChI is InChI=1S/C13H16N2O4/c1-8-3-2-4-9(7-8)12(17)15-10(13(18)19)5-6-11(14)16/h2-4,7,10H,5-6H2,1H3,(H2,14,16)(H,15,17)(H,18,19)/t10-/m0/s1. The van der Waals surface area contributed by atoms with Crippen LogP contribution in [0.5, 0.6) is 0 Å². The maximum absolute atomic E-state index is 11.9. The number of rotatable bonds is 6. The number of primary amides is 1. The van der Waals surface area contributed by atoms with Crippen molar-refractivity contribution in [3.8, 4) is 0 Å². The number of hydrogen-bond donors (Lipinski definition) is 3. The Labute approximate surface area is 110 Å². The molecule has 1 aromatic carbocycles. The smallest absolute Gasteiger partial charge is 0.326 e. The third-order valence-electron chi connectivity index (χ3n) is 2.56. The molecule has 1 atom stereocenters. The van der Waals surface area contributed by atoms with Crippen LogP contribution < -0.4 is 11.1 Å². The number of benzene rings is 1. The van der Waals surface area contributed by atoms with E-state index in [9.17, 15) is 14.4 Å². The van der Waals surface area contributed by atoms with Gasteiger partial charge < -0.3 is 16.2 Å². The first-order valence-corrected chi connectivity index (χ1v) is 5.79. The molecule has 0 aliphatic heterocycles. The second-order valence-corrected chi connectivity index (χ2v) is 4.24. The van der Waals surface area contributed by atoms with E-state index in [-0.39, 0.29) is 12.8 Å². The molecule has 0 fully saturated rings. The van der Waals surface area contributed by atoms with Crippen LogP contribution >= 0.6 is 0 Å². The van der Waals surface area contributed by atoms with Crippen molar-refractivity contribution in [2.75, 3.05) is 0 Å². The van der Waals surface area contributed by atoms with Gasteiger partial charge in [-0.2, -0.15) is 0 Å². The van der Waals surface area contributed by atoms with Crippen molar-refractivity contribution in [3.05, 3.63) is 35.4 Å². The molecule has 2 amide bonds. The number of amides is 2. The summed E-state index contributed by atoms with van der Waals surface area (Å²) in [5.41, 5.74) is 6.24. The maximum atomic E-state index is 11.9. The summed E-state index contributed by atoms with van der Waals surface area (Å²) in [6.45, 7) is 1.83. The Hall–Kier alpha value is -2.37. The van der Waals surface area contributed by atoms with Crippen LogP contribution in [0.1, 0.15) is 28.8 Å². The lowest BCUT2D eigenvalue weighted by atomic mass is 10.1. The van der Waals surface area contributed by atoms with Gasteiger partial charge in [0.25, 0.3) is 5.91 Å². The number of carboxylic acid groups (broad SMARTS) is 1. The van der Waals surface area contributed by atoms with E-state index in [1.807, 2.05) is 13.0 Å². The molecule has 102 valence electrons. The van der Waals surface area contributed by atoms with E-state index in [0.29, 0.717) is 5.56 Å². The molecular weight excluding hydrogens is 248 g/mol. The molecule has 0 saturated carbocycles. The van der Waals surface area contributed by atoms with Crippen LogP contribution in [-0.4, -0.2) is 28.9 Å². The molecular formula is C13H16N2O4. The zero-order chi connectivity index (χ0) is 14.4. The number of aliphatic carboxylic acids is 1. The zero-order valence-electron chi connectivity index (χ0n) is 10.6. The molecule has 1 rings (SSSR count). The molecule has 6 heteroatoms. The normalized spacial score (nSPS) is 11.6. The SMILES string of the molecule is Cc1cccc(C(=O)N[C@@H](CCC(N)=O)C(=O)O)c1. The van der Waals surface area contributed by atoms with Crippen molar-refractivity contribution < 1.29 is 19.5 Å². The van der Waals surface area contributed by atoms with Crippen molar-refractivity contribution in [1.82, 2.24) is 5.32 Å². The highest BCUT2D eigenvalue weighted by molar-refractivity contribution is 5.96. The highest BCUT2D eigenvalue weighted by Gasteiger charge is 2.21. The number of carbonyl (C=O) groups excluding carboxylic acids is 2. The van der Waals surface area contributed by atoms with Gasteiger partial charge in [-0.1, -0.05) is 17.7 Å². The summed E-state index contributed by atoms with van der Waals surface area (Å²) in [6, 6.07) is 5.67. The second kappa shape index (κ2) is 6.53. The summed E-state index contributed by atoms with van der Waals surface area (Å²) in [5.74, 6) is -2.28. The Balaban J connectivity index is 2.71. The molecule has 0 aliphatic rings. The van der Waals surface area contributed by atoms with E-state index in [2.05, 4.69) is 5.32 Å². The van der Waals surface area contributed by atoms with Gasteiger partial charge in [0, 0.05) is 12.0 Å². The largest absolute Gasteiger partial charge is 0.480 e. The summed E-state index contributed by atoms with van der Waals surface area (Å²) in [6.07, 6.45) is -0.118. The lowest BCUT2D eigenvalue weighted by Gasteiger charge is -2.13. The van der Waals surface area contributed by atoms with E-state index in [1.54, 1.807) is 18.2 Å². The Morgan fingerprint density at radius 3 is 2.58 bits per heavy atom. The van der Waals surface area contributed by atoms with Crippen molar-refractivity contribution in [1.29, 1.82) is 0 Å². The molecule has 4 N–H and O–H groups in total. The lowest BCUT2D eigenvalue weighted by Crippen LogP contribution is -2.41. The van der Waals surface area contributed by atoms with Gasteiger partial charge in [0.2, 0.25) is 5.91 Å². The van der Waals surface area contributed by atoms with E-state index < -0.39 is 23.8 Å². The monoisotopic (exact) mass is 264 g/mol. The summed E-state index contributed by atoms with van der Waals surface area (Å²) < 4.78 is 0. The number of carboxylic acids is 1. The van der Waals surface area contributed by atoms with Gasteiger partial charge in [0.1, 0.15) is 6.04 Å². The Morgan fingerprint density at radius 1 is 1.37 bits per heavy atom. The molecule has 0 heterocycles. The van der Waals surface area contributed by atoms with Crippen LogP contribution in [0.25, 0.3) is 0 Å². The van der Waals surface area contributed by atoms with E-state index in [1.165, 1.54) is 0 Å². The molecule has 6 nitrogen and oxygen atoms in total. The molecule has 0 radical (unpaired) electrons. The number of aryl methyl sites for hydroxylation is 1. The van der Waals surface area contributed by atoms with Crippen LogP contribution in [0.4, 0.5) is 0 Å². The van der Waals surface area contributed by atoms with Gasteiger partial charge in [-0.3, -0.25) is 9.59 Å². The zero-order valence-corrected chi connectivity index (χ0v) is 10.6. The fourth-order valence-electron chi connectivity index (χ4n) is 1.57. The first kappa shape index (κ1) is 14.7. The minimum Gasteiger partial charge on any atom is -0.480 e. The average molecular weight is 264 g/mol. The van der Waals surface area contributed by atoms with E-state index in [0.717, 1.165) is 5.56 Å². The van der Waals surface area contributed by atoms with Crippen LogP contribution in [0.2, 0.25) is 0 Å². The highest BCUT2D eigenvalue weighted by Crippen LogP contribution is 2.05. The number of nitrogens with two attached hydrogens (primary N) is 1. The molecule has 0 spiro atoms. The Bertz CT molecular complexity index is 499. The van der Waals surface area contributed by atoms with Crippen LogP contribution in [0, 0.1) is 6.92 Å². The summed E-state index contributed by atoms with van der Waals surface area (Å²) in [4.78, 5) is 33.5. The van der Waals surface area contributed by atoms with Crippen LogP contribution in [-0.2, 0) is 9.59 Å². The predicted molar refractivity (Wildman–Crippen MR) is 68.5 cm³/mol. The minimum atomic E-state index is -1.19. The topological polar surface area (TPSA) is 109 Å². The fraction of sp³-hybridized carbons (Fsp3) is 0.308. The van der Waals surface area contributed by atoms with Crippen molar-refractivity contribution in [2.45, 2.75) is 25.8 Å². The van der Waals surface area contributed by atoms with Gasteiger partial charge in [-0.25, -0.2) is 4.79 Å². The third-order valence-corrected chi connectivity index (χ3v) is 2.56. The number of hydrogen-bond acceptors (Lipinski definition) is 3. The van der Waals surface area contributed by atoms with Gasteiger partial charge in [0.05, 0.1) is 0 Å². The molecule has 19 heavy (non-hydrogen) atoms. The predicted octanol–water partition coefficient (Wildman–Crippen LogP) is 0.444. The van der Waals surface area contributed by atoms with Crippen molar-refractivity contribution >= 4 is 17.8 Å². The molecule has 0 unspecified atom stereocenters. The molecule has 0 saturated heterocycles. The number of carbonyl (C=O) groups is 3.